The molecule has 1 aliphatic carbocycles. The molecule has 1 fully saturated rings. The number of aliphatic imine (C=N–C) groups is 1. The number of hydrogen-bond acceptors (Lipinski definition) is 4. The third-order valence-corrected chi connectivity index (χ3v) is 4.69. The summed E-state index contributed by atoms with van der Waals surface area (Å²) >= 11 is 0. The average Bonchev–Trinajstić information content (AvgIpc) is 2.61. The third kappa shape index (κ3) is 6.19. The van der Waals surface area contributed by atoms with Crippen molar-refractivity contribution < 1.29 is 14.6 Å². The molecule has 0 aliphatic heterocycles. The highest BCUT2D eigenvalue weighted by Gasteiger charge is 2.34. The van der Waals surface area contributed by atoms with E-state index in [0.717, 1.165) is 56.2 Å². The molecule has 0 aromatic heterocycles. The number of nitrogens with one attached hydrogen (secondary N) is 1. The van der Waals surface area contributed by atoms with Gasteiger partial charge in [-0.3, -0.25) is 4.99 Å². The second-order valence-electron chi connectivity index (χ2n) is 6.61. The molecular weight excluding hydrogens is 445 g/mol. The lowest BCUT2D eigenvalue weighted by molar-refractivity contribution is -0.0237. The lowest BCUT2D eigenvalue weighted by Gasteiger charge is -2.35. The van der Waals surface area contributed by atoms with Gasteiger partial charge < -0.3 is 24.8 Å². The molecule has 1 saturated carbocycles. The maximum Gasteiger partial charge on any atom is 0.193 e. The van der Waals surface area contributed by atoms with Crippen molar-refractivity contribution in [1.29, 1.82) is 0 Å². The van der Waals surface area contributed by atoms with Crippen LogP contribution in [0.15, 0.2) is 23.2 Å². The Labute approximate surface area is 174 Å². The van der Waals surface area contributed by atoms with E-state index in [-0.39, 0.29) is 24.0 Å². The van der Waals surface area contributed by atoms with E-state index in [9.17, 15) is 5.11 Å². The fraction of sp³-hybridized carbons (Fsp3) is 0.632. The second-order valence-corrected chi connectivity index (χ2v) is 6.61. The van der Waals surface area contributed by atoms with Gasteiger partial charge in [-0.05, 0) is 50.3 Å². The lowest BCUT2D eigenvalue weighted by Crippen LogP contribution is -2.44. The molecule has 2 N–H and O–H groups in total. The highest BCUT2D eigenvalue weighted by molar-refractivity contribution is 14.0. The van der Waals surface area contributed by atoms with Gasteiger partial charge in [-0.1, -0.05) is 6.07 Å². The molecule has 0 amide bonds. The zero-order chi connectivity index (χ0) is 18.3. The smallest absolute Gasteiger partial charge is 0.193 e. The summed E-state index contributed by atoms with van der Waals surface area (Å²) < 4.78 is 10.6. The highest BCUT2D eigenvalue weighted by Crippen LogP contribution is 2.31. The summed E-state index contributed by atoms with van der Waals surface area (Å²) in [4.78, 5) is 6.72. The maximum absolute atomic E-state index is 10.2. The first kappa shape index (κ1) is 22.8. The molecule has 0 radical (unpaired) electrons. The second kappa shape index (κ2) is 10.8. The average molecular weight is 477 g/mol. The number of guanidine groups is 1. The Bertz CT molecular complexity index is 591. The molecule has 0 unspecified atom stereocenters. The van der Waals surface area contributed by atoms with Crippen molar-refractivity contribution in [2.45, 2.75) is 38.2 Å². The monoisotopic (exact) mass is 477 g/mol. The van der Waals surface area contributed by atoms with E-state index in [4.69, 9.17) is 9.47 Å². The summed E-state index contributed by atoms with van der Waals surface area (Å²) in [6.45, 7) is 4.14. The molecule has 0 bridgehead atoms. The van der Waals surface area contributed by atoms with Gasteiger partial charge >= 0.3 is 0 Å². The molecule has 0 atom stereocenters. The maximum atomic E-state index is 10.2. The fourth-order valence-electron chi connectivity index (χ4n) is 2.87. The summed E-state index contributed by atoms with van der Waals surface area (Å²) in [6.07, 6.45) is 3.67. The van der Waals surface area contributed by atoms with E-state index < -0.39 is 5.60 Å². The molecule has 148 valence electrons. The Hall–Kier alpha value is -1.22. The molecule has 0 spiro atoms. The number of hydrogen-bond donors (Lipinski definition) is 2. The predicted octanol–water partition coefficient (Wildman–Crippen LogP) is 2.68. The number of aliphatic hydroxyl groups is 1. The molecule has 0 heterocycles. The van der Waals surface area contributed by atoms with Crippen molar-refractivity contribution in [3.8, 4) is 11.5 Å². The van der Waals surface area contributed by atoms with E-state index in [1.165, 1.54) is 5.56 Å². The van der Waals surface area contributed by atoms with Gasteiger partial charge in [0.05, 0.1) is 26.4 Å². The Kier molecular flexibility index (Phi) is 9.49. The Morgan fingerprint density at radius 3 is 2.50 bits per heavy atom. The SMILES string of the molecule is CCNC(=NCC1(O)CCC1)N(C)CCc1ccc(OC)c(OC)c1.I. The number of benzene rings is 1. The topological polar surface area (TPSA) is 66.3 Å². The molecule has 26 heavy (non-hydrogen) atoms. The van der Waals surface area contributed by atoms with Gasteiger partial charge in [0.15, 0.2) is 17.5 Å². The number of likely N-dealkylation sites (N-methyl/N-ethyl adjacent to an activating group) is 1. The minimum atomic E-state index is -0.592. The standard InChI is InChI=1S/C19H31N3O3.HI/c1-5-20-18(21-14-19(23)10-6-11-19)22(2)12-9-15-7-8-16(24-3)17(13-15)25-4;/h7-8,13,23H,5-6,9-12,14H2,1-4H3,(H,20,21);1H. The minimum Gasteiger partial charge on any atom is -0.493 e. The van der Waals surface area contributed by atoms with Crippen LogP contribution in [0.2, 0.25) is 0 Å². The van der Waals surface area contributed by atoms with Crippen molar-refractivity contribution in [1.82, 2.24) is 10.2 Å². The zero-order valence-corrected chi connectivity index (χ0v) is 18.6. The fourth-order valence-corrected chi connectivity index (χ4v) is 2.87. The van der Waals surface area contributed by atoms with Crippen LogP contribution in [0.1, 0.15) is 31.7 Å². The number of halogens is 1. The lowest BCUT2D eigenvalue weighted by atomic mass is 9.80. The molecule has 2 rings (SSSR count). The molecule has 0 saturated heterocycles. The van der Waals surface area contributed by atoms with E-state index in [0.29, 0.717) is 6.54 Å². The van der Waals surface area contributed by atoms with Gasteiger partial charge in [0.1, 0.15) is 0 Å². The van der Waals surface area contributed by atoms with Gasteiger partial charge in [-0.25, -0.2) is 0 Å². The van der Waals surface area contributed by atoms with E-state index in [1.54, 1.807) is 14.2 Å². The van der Waals surface area contributed by atoms with Crippen molar-refractivity contribution in [3.05, 3.63) is 23.8 Å². The molecule has 1 aromatic rings. The third-order valence-electron chi connectivity index (χ3n) is 4.69. The van der Waals surface area contributed by atoms with E-state index in [1.807, 2.05) is 19.2 Å². The first-order valence-electron chi connectivity index (χ1n) is 8.94. The number of methoxy groups -OCH3 is 2. The zero-order valence-electron chi connectivity index (χ0n) is 16.2. The quantitative estimate of drug-likeness (QED) is 0.343. The van der Waals surface area contributed by atoms with Crippen LogP contribution < -0.4 is 14.8 Å². The van der Waals surface area contributed by atoms with Gasteiger partial charge in [-0.15, -0.1) is 24.0 Å². The van der Waals surface area contributed by atoms with Crippen molar-refractivity contribution in [3.63, 3.8) is 0 Å². The predicted molar refractivity (Wildman–Crippen MR) is 116 cm³/mol. The minimum absolute atomic E-state index is 0. The summed E-state index contributed by atoms with van der Waals surface area (Å²) in [7, 11) is 5.31. The van der Waals surface area contributed by atoms with Gasteiger partial charge in [0, 0.05) is 20.1 Å². The highest BCUT2D eigenvalue weighted by atomic mass is 127. The number of rotatable bonds is 8. The molecular formula is C19H32IN3O3. The molecule has 1 aliphatic rings. The van der Waals surface area contributed by atoms with Crippen LogP contribution in [0.5, 0.6) is 11.5 Å². The first-order chi connectivity index (χ1) is 12.0. The molecule has 7 heteroatoms. The van der Waals surface area contributed by atoms with Crippen LogP contribution in [0.25, 0.3) is 0 Å². The number of ether oxygens (including phenoxy) is 2. The van der Waals surface area contributed by atoms with Gasteiger partial charge in [0.2, 0.25) is 0 Å². The van der Waals surface area contributed by atoms with E-state index >= 15 is 0 Å². The summed E-state index contributed by atoms with van der Waals surface area (Å²) in [6, 6.07) is 5.99. The van der Waals surface area contributed by atoms with Crippen LogP contribution in [0.3, 0.4) is 0 Å². The van der Waals surface area contributed by atoms with Gasteiger partial charge in [0.25, 0.3) is 0 Å². The van der Waals surface area contributed by atoms with Crippen LogP contribution in [-0.2, 0) is 6.42 Å². The van der Waals surface area contributed by atoms with Crippen molar-refractivity contribution in [2.75, 3.05) is 40.9 Å². The molecule has 1 aromatic carbocycles. The van der Waals surface area contributed by atoms with E-state index in [2.05, 4.69) is 28.2 Å². The molecule has 6 nitrogen and oxygen atoms in total. The first-order valence-corrected chi connectivity index (χ1v) is 8.94. The van der Waals surface area contributed by atoms with Crippen LogP contribution in [0.4, 0.5) is 0 Å². The van der Waals surface area contributed by atoms with Gasteiger partial charge in [-0.2, -0.15) is 0 Å². The summed E-state index contributed by atoms with van der Waals surface area (Å²) in [5.74, 6) is 2.32. The largest absolute Gasteiger partial charge is 0.493 e. The number of nitrogens with zero attached hydrogens (tertiary/aromatic N) is 2. The van der Waals surface area contributed by atoms with Crippen molar-refractivity contribution >= 4 is 29.9 Å². The summed E-state index contributed by atoms with van der Waals surface area (Å²) in [5.41, 5.74) is 0.586. The summed E-state index contributed by atoms with van der Waals surface area (Å²) in [5, 5.41) is 13.5. The van der Waals surface area contributed by atoms with Crippen LogP contribution >= 0.6 is 24.0 Å². The van der Waals surface area contributed by atoms with Crippen LogP contribution in [-0.4, -0.2) is 62.5 Å². The Morgan fingerprint density at radius 2 is 1.96 bits per heavy atom. The van der Waals surface area contributed by atoms with Crippen molar-refractivity contribution in [2.24, 2.45) is 4.99 Å². The van der Waals surface area contributed by atoms with Crippen LogP contribution in [0, 0.1) is 0 Å². The normalized spacial score (nSPS) is 15.5. The Morgan fingerprint density at radius 1 is 1.27 bits per heavy atom. The Balaban J connectivity index is 0.00000338.